The van der Waals surface area contributed by atoms with Crippen molar-refractivity contribution in [2.24, 2.45) is 5.92 Å². The predicted octanol–water partition coefficient (Wildman–Crippen LogP) is 4.95. The maximum Gasteiger partial charge on any atom is 0.140 e. The summed E-state index contributed by atoms with van der Waals surface area (Å²) in [5.41, 5.74) is 0. The lowest BCUT2D eigenvalue weighted by atomic mass is 10.0. The molecule has 0 aliphatic rings. The average Bonchev–Trinajstić information content (AvgIpc) is 2.28. The van der Waals surface area contributed by atoms with E-state index in [4.69, 9.17) is 23.2 Å². The van der Waals surface area contributed by atoms with Crippen molar-refractivity contribution >= 4 is 44.9 Å². The molecule has 17 heavy (non-hydrogen) atoms. The number of alkyl halides is 1. The molecule has 1 aromatic heterocycles. The molecule has 0 aliphatic carbocycles. The molecule has 2 nitrogen and oxygen atoms in total. The van der Waals surface area contributed by atoms with Crippen LogP contribution < -0.4 is 5.32 Å². The van der Waals surface area contributed by atoms with E-state index in [0.29, 0.717) is 16.8 Å². The fourth-order valence-corrected chi connectivity index (χ4v) is 2.78. The number of nitrogens with one attached hydrogen (secondary N) is 1. The Bertz CT molecular complexity index is 341. The van der Waals surface area contributed by atoms with E-state index in [-0.39, 0.29) is 0 Å². The van der Waals surface area contributed by atoms with Crippen LogP contribution in [0.15, 0.2) is 16.7 Å². The van der Waals surface area contributed by atoms with Gasteiger partial charge in [0.1, 0.15) is 5.82 Å². The Hall–Kier alpha value is 0.01000. The van der Waals surface area contributed by atoms with Crippen molar-refractivity contribution in [1.82, 2.24) is 4.98 Å². The maximum atomic E-state index is 5.84. The number of hydrogen-bond acceptors (Lipinski definition) is 2. The normalized spacial score (nSPS) is 12.5. The zero-order valence-corrected chi connectivity index (χ0v) is 12.9. The van der Waals surface area contributed by atoms with Crippen LogP contribution in [0.1, 0.15) is 26.2 Å². The molecule has 0 amide bonds. The summed E-state index contributed by atoms with van der Waals surface area (Å²) < 4.78 is 0.895. The van der Waals surface area contributed by atoms with Gasteiger partial charge in [0.05, 0.1) is 9.50 Å². The largest absolute Gasteiger partial charge is 0.369 e. The molecule has 0 spiro atoms. The number of anilines is 1. The van der Waals surface area contributed by atoms with Crippen molar-refractivity contribution in [3.63, 3.8) is 0 Å². The van der Waals surface area contributed by atoms with Gasteiger partial charge < -0.3 is 5.32 Å². The molecular weight excluding hydrogens is 323 g/mol. The van der Waals surface area contributed by atoms with E-state index in [9.17, 15) is 0 Å². The molecule has 0 bridgehead atoms. The van der Waals surface area contributed by atoms with Crippen LogP contribution in [0, 0.1) is 5.92 Å². The van der Waals surface area contributed by atoms with Crippen LogP contribution in [0.3, 0.4) is 0 Å². The van der Waals surface area contributed by atoms with Crippen LogP contribution in [-0.4, -0.2) is 17.4 Å². The Balaban J connectivity index is 2.52. The molecule has 0 saturated carbocycles. The molecule has 1 atom stereocenters. The third-order valence-corrected chi connectivity index (χ3v) is 3.61. The van der Waals surface area contributed by atoms with E-state index < -0.39 is 0 Å². The average molecular weight is 340 g/mol. The molecule has 0 saturated heterocycles. The second-order valence-corrected chi connectivity index (χ2v) is 5.67. The zero-order valence-electron chi connectivity index (χ0n) is 9.85. The number of pyridine rings is 1. The van der Waals surface area contributed by atoms with Crippen molar-refractivity contribution in [2.45, 2.75) is 26.2 Å². The minimum Gasteiger partial charge on any atom is -0.369 e. The summed E-state index contributed by atoms with van der Waals surface area (Å²) in [6.45, 7) is 3.09. The van der Waals surface area contributed by atoms with E-state index >= 15 is 0 Å². The van der Waals surface area contributed by atoms with E-state index in [1.165, 1.54) is 12.8 Å². The molecule has 1 rings (SSSR count). The van der Waals surface area contributed by atoms with Gasteiger partial charge in [-0.1, -0.05) is 24.9 Å². The van der Waals surface area contributed by atoms with E-state index in [2.05, 4.69) is 33.2 Å². The lowest BCUT2D eigenvalue weighted by molar-refractivity contribution is 0.489. The molecule has 1 aromatic rings. The minimum atomic E-state index is 0.599. The Morgan fingerprint density at radius 2 is 2.24 bits per heavy atom. The van der Waals surface area contributed by atoms with Crippen LogP contribution in [0.5, 0.6) is 0 Å². The number of aromatic nitrogens is 1. The summed E-state index contributed by atoms with van der Waals surface area (Å²) in [6.07, 6.45) is 5.04. The van der Waals surface area contributed by atoms with Gasteiger partial charge >= 0.3 is 0 Å². The van der Waals surface area contributed by atoms with Gasteiger partial charge in [-0.15, -0.1) is 11.6 Å². The molecular formula is C12H17BrCl2N2. The zero-order chi connectivity index (χ0) is 12.7. The van der Waals surface area contributed by atoms with E-state index in [0.717, 1.165) is 23.3 Å². The first-order chi connectivity index (χ1) is 8.17. The van der Waals surface area contributed by atoms with E-state index in [1.807, 2.05) is 6.07 Å². The lowest BCUT2D eigenvalue weighted by Crippen LogP contribution is -2.15. The molecule has 1 heterocycles. The van der Waals surface area contributed by atoms with Gasteiger partial charge in [-0.05, 0) is 40.8 Å². The summed E-state index contributed by atoms with van der Waals surface area (Å²) in [5.74, 6) is 2.15. The third kappa shape index (κ3) is 5.45. The van der Waals surface area contributed by atoms with Gasteiger partial charge in [0.15, 0.2) is 0 Å². The second-order valence-electron chi connectivity index (χ2n) is 4.00. The molecule has 96 valence electrons. The van der Waals surface area contributed by atoms with Crippen molar-refractivity contribution < 1.29 is 0 Å². The van der Waals surface area contributed by atoms with Gasteiger partial charge in [0.25, 0.3) is 0 Å². The van der Waals surface area contributed by atoms with Crippen LogP contribution >= 0.6 is 39.1 Å². The first kappa shape index (κ1) is 15.1. The molecule has 0 radical (unpaired) electrons. The van der Waals surface area contributed by atoms with Gasteiger partial charge in [-0.3, -0.25) is 0 Å². The first-order valence-electron chi connectivity index (χ1n) is 5.78. The highest BCUT2D eigenvalue weighted by molar-refractivity contribution is 9.10. The minimum absolute atomic E-state index is 0.599. The third-order valence-electron chi connectivity index (χ3n) is 2.58. The van der Waals surface area contributed by atoms with Crippen LogP contribution in [0.25, 0.3) is 0 Å². The van der Waals surface area contributed by atoms with Crippen molar-refractivity contribution in [3.8, 4) is 0 Å². The summed E-state index contributed by atoms with van der Waals surface area (Å²) in [4.78, 5) is 4.25. The summed E-state index contributed by atoms with van der Waals surface area (Å²) >= 11 is 15.1. The number of hydrogen-bond donors (Lipinski definition) is 1. The summed E-state index contributed by atoms with van der Waals surface area (Å²) in [5, 5.41) is 3.97. The number of rotatable bonds is 7. The van der Waals surface area contributed by atoms with Crippen molar-refractivity contribution in [2.75, 3.05) is 17.7 Å². The Morgan fingerprint density at radius 1 is 1.47 bits per heavy atom. The van der Waals surface area contributed by atoms with Crippen molar-refractivity contribution in [1.29, 1.82) is 0 Å². The predicted molar refractivity (Wildman–Crippen MR) is 79.2 cm³/mol. The molecule has 1 N–H and O–H groups in total. The highest BCUT2D eigenvalue weighted by Gasteiger charge is 2.09. The smallest absolute Gasteiger partial charge is 0.140 e. The fraction of sp³-hybridized carbons (Fsp3) is 0.583. The first-order valence-corrected chi connectivity index (χ1v) is 7.48. The topological polar surface area (TPSA) is 24.9 Å². The highest BCUT2D eigenvalue weighted by Crippen LogP contribution is 2.24. The summed E-state index contributed by atoms with van der Waals surface area (Å²) in [7, 11) is 0. The maximum absolute atomic E-state index is 5.84. The SMILES string of the molecule is CCCC(CCCl)CNc1ncc(Cl)cc1Br. The van der Waals surface area contributed by atoms with Crippen LogP contribution in [-0.2, 0) is 0 Å². The molecule has 0 aliphatic heterocycles. The van der Waals surface area contributed by atoms with Crippen LogP contribution in [0.2, 0.25) is 5.02 Å². The van der Waals surface area contributed by atoms with Gasteiger partial charge in [-0.2, -0.15) is 0 Å². The Morgan fingerprint density at radius 3 is 2.82 bits per heavy atom. The lowest BCUT2D eigenvalue weighted by Gasteiger charge is -2.16. The van der Waals surface area contributed by atoms with Gasteiger partial charge in [-0.25, -0.2) is 4.98 Å². The molecule has 0 fully saturated rings. The molecule has 5 heteroatoms. The number of halogens is 3. The quantitative estimate of drug-likeness (QED) is 0.710. The highest BCUT2D eigenvalue weighted by atomic mass is 79.9. The molecule has 0 aromatic carbocycles. The monoisotopic (exact) mass is 338 g/mol. The standard InChI is InChI=1S/C12H17BrCl2N2/c1-2-3-9(4-5-14)7-16-12-11(13)6-10(15)8-17-12/h6,8-9H,2-5,7H2,1H3,(H,16,17). The summed E-state index contributed by atoms with van der Waals surface area (Å²) in [6, 6.07) is 1.84. The second kappa shape index (κ2) is 8.17. The Labute approximate surface area is 121 Å². The molecule has 1 unspecified atom stereocenters. The van der Waals surface area contributed by atoms with Crippen molar-refractivity contribution in [3.05, 3.63) is 21.8 Å². The van der Waals surface area contributed by atoms with Crippen LogP contribution in [0.4, 0.5) is 5.82 Å². The van der Waals surface area contributed by atoms with E-state index in [1.54, 1.807) is 6.20 Å². The fourth-order valence-electron chi connectivity index (χ4n) is 1.70. The van der Waals surface area contributed by atoms with Gasteiger partial charge in [0, 0.05) is 18.6 Å². The number of nitrogens with zero attached hydrogens (tertiary/aromatic N) is 1. The van der Waals surface area contributed by atoms with Gasteiger partial charge in [0.2, 0.25) is 0 Å². The Kier molecular flexibility index (Phi) is 7.24.